The Kier molecular flexibility index (Phi) is 5.61. The number of carbonyl (C=O) groups excluding carboxylic acids is 1. The Hall–Kier alpha value is -2.34. The number of anilines is 1. The maximum atomic E-state index is 12.0. The summed E-state index contributed by atoms with van der Waals surface area (Å²) in [5, 5.41) is 4.35. The van der Waals surface area contributed by atoms with Crippen molar-refractivity contribution in [3.63, 3.8) is 0 Å². The van der Waals surface area contributed by atoms with Crippen molar-refractivity contribution in [2.24, 2.45) is 5.16 Å². The summed E-state index contributed by atoms with van der Waals surface area (Å²) in [5.74, 6) is 0. The number of hydrogen-bond acceptors (Lipinski definition) is 3. The first kappa shape index (κ1) is 18.5. The van der Waals surface area contributed by atoms with E-state index in [1.165, 1.54) is 5.56 Å². The van der Waals surface area contributed by atoms with Gasteiger partial charge in [0.25, 0.3) is 0 Å². The summed E-state index contributed by atoms with van der Waals surface area (Å²) < 4.78 is 0.904. The molecule has 1 fully saturated rings. The van der Waals surface area contributed by atoms with Crippen LogP contribution in [0.1, 0.15) is 30.0 Å². The maximum absolute atomic E-state index is 12.0. The number of halogens is 1. The minimum atomic E-state index is -0.0122. The van der Waals surface area contributed by atoms with Gasteiger partial charge in [0.05, 0.1) is 11.4 Å². The van der Waals surface area contributed by atoms with Crippen molar-refractivity contribution >= 4 is 33.4 Å². The smallest absolute Gasteiger partial charge is 0.327 e. The Labute approximate surface area is 162 Å². The second-order valence-electron chi connectivity index (χ2n) is 6.32. The summed E-state index contributed by atoms with van der Waals surface area (Å²) in [6.45, 7) is 4.99. The van der Waals surface area contributed by atoms with Crippen molar-refractivity contribution in [1.82, 2.24) is 4.90 Å². The Balaban J connectivity index is 1.78. The molecule has 0 bridgehead atoms. The van der Waals surface area contributed by atoms with Gasteiger partial charge in [-0.15, -0.1) is 0 Å². The summed E-state index contributed by atoms with van der Waals surface area (Å²) >= 11 is 3.56. The molecule has 0 unspecified atom stereocenters. The van der Waals surface area contributed by atoms with E-state index in [1.54, 1.807) is 16.8 Å². The average molecular weight is 416 g/mol. The highest BCUT2D eigenvalue weighted by Gasteiger charge is 2.33. The van der Waals surface area contributed by atoms with Gasteiger partial charge in [-0.1, -0.05) is 63.9 Å². The largest absolute Gasteiger partial charge is 0.391 e. The number of benzene rings is 2. The fourth-order valence-corrected chi connectivity index (χ4v) is 3.37. The molecule has 26 heavy (non-hydrogen) atoms. The van der Waals surface area contributed by atoms with Gasteiger partial charge in [0.1, 0.15) is 13.3 Å². The van der Waals surface area contributed by atoms with Crippen LogP contribution in [0.25, 0.3) is 0 Å². The van der Waals surface area contributed by atoms with Crippen LogP contribution in [0.3, 0.4) is 0 Å². The topological polar surface area (TPSA) is 45.1 Å². The molecule has 0 spiro atoms. The minimum absolute atomic E-state index is 0.0122. The molecule has 0 aliphatic carbocycles. The molecule has 2 aromatic carbocycles. The Morgan fingerprint density at radius 1 is 1.27 bits per heavy atom. The molecule has 0 N–H and O–H groups in total. The van der Waals surface area contributed by atoms with Crippen molar-refractivity contribution in [1.29, 1.82) is 0 Å². The van der Waals surface area contributed by atoms with Gasteiger partial charge in [-0.2, -0.15) is 0 Å². The van der Waals surface area contributed by atoms with Crippen molar-refractivity contribution < 1.29 is 9.63 Å². The molecule has 1 heterocycles. The lowest BCUT2D eigenvalue weighted by Crippen LogP contribution is -2.58. The summed E-state index contributed by atoms with van der Waals surface area (Å²) in [7, 11) is 1.78. The number of aryl methyl sites for hydroxylation is 1. The van der Waals surface area contributed by atoms with Crippen LogP contribution in [0.2, 0.25) is 0 Å². The average Bonchev–Trinajstić information content (AvgIpc) is 2.64. The third-order valence-electron chi connectivity index (χ3n) is 4.37. The van der Waals surface area contributed by atoms with Gasteiger partial charge in [0.2, 0.25) is 0 Å². The molecule has 136 valence electrons. The SMILES string of the molecule is CC/C(=N\OCc1c(Br)cccc1N1CN(C)C1=O)c1cccc(C)c1. The normalized spacial score (nSPS) is 14.5. The van der Waals surface area contributed by atoms with Crippen molar-refractivity contribution in [2.75, 3.05) is 18.6 Å². The molecule has 0 saturated carbocycles. The summed E-state index contributed by atoms with van der Waals surface area (Å²) in [4.78, 5) is 21.1. The number of rotatable bonds is 6. The molecular weight excluding hydrogens is 394 g/mol. The number of oxime groups is 1. The molecule has 0 aromatic heterocycles. The third-order valence-corrected chi connectivity index (χ3v) is 5.11. The first-order chi connectivity index (χ1) is 12.5. The molecule has 0 atom stereocenters. The van der Waals surface area contributed by atoms with Gasteiger partial charge in [0.15, 0.2) is 0 Å². The van der Waals surface area contributed by atoms with Gasteiger partial charge in [0, 0.05) is 17.1 Å². The van der Waals surface area contributed by atoms with Gasteiger partial charge < -0.3 is 9.74 Å². The van der Waals surface area contributed by atoms with E-state index in [2.05, 4.69) is 47.1 Å². The molecule has 3 rings (SSSR count). The van der Waals surface area contributed by atoms with Crippen molar-refractivity contribution in [3.05, 3.63) is 63.6 Å². The fourth-order valence-electron chi connectivity index (χ4n) is 2.90. The summed E-state index contributed by atoms with van der Waals surface area (Å²) in [5.41, 5.74) is 4.93. The van der Waals surface area contributed by atoms with Crippen LogP contribution in [0.15, 0.2) is 52.1 Å². The quantitative estimate of drug-likeness (QED) is 0.496. The lowest BCUT2D eigenvalue weighted by molar-refractivity contribution is 0.129. The lowest BCUT2D eigenvalue weighted by atomic mass is 10.1. The molecule has 1 aliphatic rings. The first-order valence-corrected chi connectivity index (χ1v) is 9.36. The maximum Gasteiger partial charge on any atom is 0.327 e. The second-order valence-corrected chi connectivity index (χ2v) is 7.18. The van der Waals surface area contributed by atoms with E-state index in [1.807, 2.05) is 30.3 Å². The van der Waals surface area contributed by atoms with Gasteiger partial charge in [-0.25, -0.2) is 4.79 Å². The molecule has 6 heteroatoms. The zero-order valence-corrected chi connectivity index (χ0v) is 16.8. The predicted molar refractivity (Wildman–Crippen MR) is 107 cm³/mol. The highest BCUT2D eigenvalue weighted by Crippen LogP contribution is 2.32. The van der Waals surface area contributed by atoms with Gasteiger partial charge >= 0.3 is 6.03 Å². The number of carbonyl (C=O) groups is 1. The van der Waals surface area contributed by atoms with E-state index < -0.39 is 0 Å². The molecule has 2 amide bonds. The Morgan fingerprint density at radius 2 is 2.04 bits per heavy atom. The van der Waals surface area contributed by atoms with E-state index in [-0.39, 0.29) is 6.03 Å². The molecule has 5 nitrogen and oxygen atoms in total. The monoisotopic (exact) mass is 415 g/mol. The number of nitrogens with zero attached hydrogens (tertiary/aromatic N) is 3. The van der Waals surface area contributed by atoms with Gasteiger partial charge in [-0.05, 0) is 31.0 Å². The standard InChI is InChI=1S/C20H22BrN3O2/c1-4-18(15-8-5-7-14(2)11-15)22-26-12-16-17(21)9-6-10-19(16)24-13-23(3)20(24)25/h5-11H,4,12-13H2,1-3H3/b22-18+. The van der Waals surface area contributed by atoms with Crippen LogP contribution in [0, 0.1) is 6.92 Å². The third kappa shape index (κ3) is 3.75. The minimum Gasteiger partial charge on any atom is -0.391 e. The fraction of sp³-hybridized carbons (Fsp3) is 0.300. The highest BCUT2D eigenvalue weighted by atomic mass is 79.9. The molecule has 0 radical (unpaired) electrons. The van der Waals surface area contributed by atoms with Crippen LogP contribution in [0.5, 0.6) is 0 Å². The lowest BCUT2D eigenvalue weighted by Gasteiger charge is -2.40. The van der Waals surface area contributed by atoms with Crippen LogP contribution in [0.4, 0.5) is 10.5 Å². The number of hydrogen-bond donors (Lipinski definition) is 0. The van der Waals surface area contributed by atoms with Crippen molar-refractivity contribution in [2.45, 2.75) is 26.9 Å². The highest BCUT2D eigenvalue weighted by molar-refractivity contribution is 9.10. The molecule has 1 saturated heterocycles. The number of amides is 2. The Bertz CT molecular complexity index is 851. The van der Waals surface area contributed by atoms with E-state index in [0.717, 1.165) is 33.4 Å². The summed E-state index contributed by atoms with van der Waals surface area (Å²) in [6, 6.07) is 14.0. The zero-order chi connectivity index (χ0) is 18.7. The van der Waals surface area contributed by atoms with Crippen LogP contribution >= 0.6 is 15.9 Å². The molecule has 1 aliphatic heterocycles. The van der Waals surface area contributed by atoms with Crippen LogP contribution in [-0.4, -0.2) is 30.4 Å². The van der Waals surface area contributed by atoms with Gasteiger partial charge in [-0.3, -0.25) is 4.90 Å². The van der Waals surface area contributed by atoms with E-state index in [0.29, 0.717) is 13.3 Å². The van der Waals surface area contributed by atoms with Crippen LogP contribution in [-0.2, 0) is 11.4 Å². The molecule has 2 aromatic rings. The zero-order valence-electron chi connectivity index (χ0n) is 15.2. The molecular formula is C20H22BrN3O2. The number of urea groups is 1. The van der Waals surface area contributed by atoms with E-state index in [4.69, 9.17) is 4.84 Å². The first-order valence-electron chi connectivity index (χ1n) is 8.57. The predicted octanol–water partition coefficient (Wildman–Crippen LogP) is 4.92. The van der Waals surface area contributed by atoms with E-state index in [9.17, 15) is 4.79 Å². The summed E-state index contributed by atoms with van der Waals surface area (Å²) in [6.07, 6.45) is 0.779. The van der Waals surface area contributed by atoms with Crippen molar-refractivity contribution in [3.8, 4) is 0 Å². The second kappa shape index (κ2) is 7.91. The van der Waals surface area contributed by atoms with Crippen LogP contribution < -0.4 is 4.90 Å². The van der Waals surface area contributed by atoms with E-state index >= 15 is 0 Å². The Morgan fingerprint density at radius 3 is 2.69 bits per heavy atom.